The highest BCUT2D eigenvalue weighted by Gasteiger charge is 2.36. The van der Waals surface area contributed by atoms with Gasteiger partial charge >= 0.3 is 0 Å². The Balaban J connectivity index is 1.34. The molecule has 0 aliphatic carbocycles. The van der Waals surface area contributed by atoms with E-state index in [0.29, 0.717) is 23.7 Å². The summed E-state index contributed by atoms with van der Waals surface area (Å²) in [4.78, 5) is 29.7. The van der Waals surface area contributed by atoms with E-state index in [4.69, 9.17) is 9.47 Å². The van der Waals surface area contributed by atoms with Crippen LogP contribution in [0.5, 0.6) is 11.5 Å². The Morgan fingerprint density at radius 1 is 1.09 bits per heavy atom. The van der Waals surface area contributed by atoms with E-state index in [0.717, 1.165) is 31.7 Å². The molecule has 0 spiro atoms. The number of nitrogens with zero attached hydrogens (tertiary/aromatic N) is 2. The highest BCUT2D eigenvalue weighted by molar-refractivity contribution is 7.99. The molecule has 0 aromatic heterocycles. The molecule has 1 unspecified atom stereocenters. The number of anilines is 2. The molecule has 8 heteroatoms. The van der Waals surface area contributed by atoms with E-state index >= 15 is 0 Å². The highest BCUT2D eigenvalue weighted by atomic mass is 32.2. The molecule has 7 nitrogen and oxygen atoms in total. The fourth-order valence-electron chi connectivity index (χ4n) is 4.23. The third-order valence-electron chi connectivity index (χ3n) is 6.21. The molecule has 2 aromatic rings. The minimum absolute atomic E-state index is 0.104. The Morgan fingerprint density at radius 2 is 1.85 bits per heavy atom. The topological polar surface area (TPSA) is 71.1 Å². The van der Waals surface area contributed by atoms with Crippen molar-refractivity contribution in [1.29, 1.82) is 0 Å². The fraction of sp³-hybridized carbons (Fsp3) is 0.440. The van der Waals surface area contributed by atoms with E-state index in [-0.39, 0.29) is 18.2 Å². The van der Waals surface area contributed by atoms with Crippen LogP contribution in [-0.4, -0.2) is 68.6 Å². The lowest BCUT2D eigenvalue weighted by Crippen LogP contribution is -2.34. The maximum absolute atomic E-state index is 12.9. The molecule has 2 heterocycles. The minimum atomic E-state index is -0.426. The van der Waals surface area contributed by atoms with Gasteiger partial charge in [0, 0.05) is 55.9 Å². The maximum Gasteiger partial charge on any atom is 0.229 e. The first-order valence-electron chi connectivity index (χ1n) is 11.3. The molecule has 2 aliphatic rings. The number of carbonyl (C=O) groups excluding carboxylic acids is 2. The van der Waals surface area contributed by atoms with Gasteiger partial charge in [-0.25, -0.2) is 0 Å². The molecule has 2 aromatic carbocycles. The van der Waals surface area contributed by atoms with E-state index in [1.54, 1.807) is 37.3 Å². The number of hydrogen-bond acceptors (Lipinski definition) is 6. The predicted octanol–water partition coefficient (Wildman–Crippen LogP) is 3.29. The van der Waals surface area contributed by atoms with E-state index < -0.39 is 5.92 Å². The largest absolute Gasteiger partial charge is 0.497 e. The van der Waals surface area contributed by atoms with Crippen LogP contribution in [0.3, 0.4) is 0 Å². The summed E-state index contributed by atoms with van der Waals surface area (Å²) in [7, 11) is 3.14. The highest BCUT2D eigenvalue weighted by Crippen LogP contribution is 2.36. The lowest BCUT2D eigenvalue weighted by atomic mass is 10.1. The number of amides is 2. The summed E-state index contributed by atoms with van der Waals surface area (Å²) in [5.74, 6) is 2.97. The zero-order valence-electron chi connectivity index (χ0n) is 19.2. The number of ether oxygens (including phenoxy) is 2. The van der Waals surface area contributed by atoms with Crippen LogP contribution in [0.4, 0.5) is 11.4 Å². The summed E-state index contributed by atoms with van der Waals surface area (Å²) >= 11 is 2.02. The maximum atomic E-state index is 12.9. The molecule has 2 aliphatic heterocycles. The molecule has 33 heavy (non-hydrogen) atoms. The second-order valence-corrected chi connectivity index (χ2v) is 9.56. The number of thioether (sulfide) groups is 1. The molecule has 2 saturated heterocycles. The van der Waals surface area contributed by atoms with Crippen molar-refractivity contribution >= 4 is 35.0 Å². The zero-order valence-corrected chi connectivity index (χ0v) is 20.0. The predicted molar refractivity (Wildman–Crippen MR) is 133 cm³/mol. The fourth-order valence-corrected chi connectivity index (χ4v) is 5.21. The lowest BCUT2D eigenvalue weighted by molar-refractivity contribution is -0.122. The van der Waals surface area contributed by atoms with Crippen molar-refractivity contribution in [3.05, 3.63) is 48.0 Å². The molecule has 176 valence electrons. The van der Waals surface area contributed by atoms with Gasteiger partial charge in [-0.3, -0.25) is 9.59 Å². The number of hydrogen-bond donors (Lipinski definition) is 1. The van der Waals surface area contributed by atoms with Gasteiger partial charge in [0.15, 0.2) is 0 Å². The summed E-state index contributed by atoms with van der Waals surface area (Å²) in [6.07, 6.45) is 1.17. The Labute approximate surface area is 199 Å². The van der Waals surface area contributed by atoms with Crippen molar-refractivity contribution in [2.24, 2.45) is 5.92 Å². The Bertz CT molecular complexity index is 976. The summed E-state index contributed by atoms with van der Waals surface area (Å²) in [6, 6.07) is 13.3. The molecule has 0 radical (unpaired) electrons. The summed E-state index contributed by atoms with van der Waals surface area (Å²) in [6.45, 7) is 3.70. The number of carbonyl (C=O) groups is 2. The first-order valence-corrected chi connectivity index (χ1v) is 12.4. The van der Waals surface area contributed by atoms with Gasteiger partial charge < -0.3 is 24.6 Å². The number of benzene rings is 2. The van der Waals surface area contributed by atoms with Crippen molar-refractivity contribution in [1.82, 2.24) is 4.90 Å². The van der Waals surface area contributed by atoms with Crippen LogP contribution >= 0.6 is 11.8 Å². The van der Waals surface area contributed by atoms with Crippen molar-refractivity contribution in [2.45, 2.75) is 12.8 Å². The van der Waals surface area contributed by atoms with Crippen LogP contribution in [0.2, 0.25) is 0 Å². The van der Waals surface area contributed by atoms with Gasteiger partial charge in [0.1, 0.15) is 11.5 Å². The Hall–Kier alpha value is -2.71. The van der Waals surface area contributed by atoms with Crippen LogP contribution < -0.4 is 19.7 Å². The second-order valence-electron chi connectivity index (χ2n) is 8.33. The third kappa shape index (κ3) is 5.81. The second kappa shape index (κ2) is 10.9. The van der Waals surface area contributed by atoms with Crippen LogP contribution in [0, 0.1) is 5.92 Å². The van der Waals surface area contributed by atoms with Gasteiger partial charge in [-0.05, 0) is 36.2 Å². The summed E-state index contributed by atoms with van der Waals surface area (Å²) in [5.41, 5.74) is 2.63. The molecule has 1 N–H and O–H groups in total. The molecular weight excluding hydrogens is 438 g/mol. The molecule has 2 amide bonds. The molecule has 0 saturated carbocycles. The zero-order chi connectivity index (χ0) is 23.2. The normalized spacial score (nSPS) is 18.9. The van der Waals surface area contributed by atoms with Gasteiger partial charge in [0.25, 0.3) is 0 Å². The van der Waals surface area contributed by atoms with Gasteiger partial charge in [-0.2, -0.15) is 11.8 Å². The quantitative estimate of drug-likeness (QED) is 0.640. The van der Waals surface area contributed by atoms with Crippen LogP contribution in [0.25, 0.3) is 0 Å². The van der Waals surface area contributed by atoms with Crippen molar-refractivity contribution in [2.75, 3.05) is 62.1 Å². The molecule has 4 rings (SSSR count). The van der Waals surface area contributed by atoms with E-state index in [2.05, 4.69) is 22.3 Å². The Kier molecular flexibility index (Phi) is 7.77. The summed E-state index contributed by atoms with van der Waals surface area (Å²) < 4.78 is 10.7. The average molecular weight is 470 g/mol. The monoisotopic (exact) mass is 469 g/mol. The molecule has 2 fully saturated rings. The third-order valence-corrected chi connectivity index (χ3v) is 7.16. The number of nitrogens with one attached hydrogen (secondary N) is 1. The van der Waals surface area contributed by atoms with E-state index in [1.807, 2.05) is 23.9 Å². The minimum Gasteiger partial charge on any atom is -0.497 e. The molecule has 0 bridgehead atoms. The van der Waals surface area contributed by atoms with Crippen molar-refractivity contribution < 1.29 is 19.1 Å². The van der Waals surface area contributed by atoms with Crippen LogP contribution in [0.15, 0.2) is 42.5 Å². The smallest absolute Gasteiger partial charge is 0.229 e. The molecular formula is C25H31N3O4S. The van der Waals surface area contributed by atoms with Crippen molar-refractivity contribution in [3.63, 3.8) is 0 Å². The van der Waals surface area contributed by atoms with E-state index in [9.17, 15) is 9.59 Å². The van der Waals surface area contributed by atoms with Gasteiger partial charge in [0.2, 0.25) is 11.8 Å². The first kappa shape index (κ1) is 23.4. The van der Waals surface area contributed by atoms with E-state index in [1.165, 1.54) is 17.1 Å². The average Bonchev–Trinajstić information content (AvgIpc) is 3.25. The SMILES string of the molecule is COc1ccc(OC)c(N2CC(C(=O)Nc3ccc(CCN4CCSCC4)cc3)CC2=O)c1. The first-order chi connectivity index (χ1) is 16.1. The Morgan fingerprint density at radius 3 is 2.55 bits per heavy atom. The van der Waals surface area contributed by atoms with Crippen molar-refractivity contribution in [3.8, 4) is 11.5 Å². The molecule has 1 atom stereocenters. The van der Waals surface area contributed by atoms with Gasteiger partial charge in [0.05, 0.1) is 25.8 Å². The summed E-state index contributed by atoms with van der Waals surface area (Å²) in [5, 5.41) is 2.97. The van der Waals surface area contributed by atoms with Gasteiger partial charge in [-0.15, -0.1) is 0 Å². The van der Waals surface area contributed by atoms with Crippen LogP contribution in [-0.2, 0) is 16.0 Å². The lowest BCUT2D eigenvalue weighted by Gasteiger charge is -2.26. The standard InChI is InChI=1S/C25H31N3O4S/c1-31-21-7-8-23(32-2)22(16-21)28-17-19(15-24(28)29)25(30)26-20-5-3-18(4-6-20)9-10-27-11-13-33-14-12-27/h3-8,16,19H,9-15,17H2,1-2H3,(H,26,30). The number of methoxy groups -OCH3 is 2. The number of rotatable bonds is 8. The van der Waals surface area contributed by atoms with Gasteiger partial charge in [-0.1, -0.05) is 12.1 Å². The van der Waals surface area contributed by atoms with Crippen LogP contribution in [0.1, 0.15) is 12.0 Å².